The highest BCUT2D eigenvalue weighted by molar-refractivity contribution is 7.12. The van der Waals surface area contributed by atoms with E-state index < -0.39 is 0 Å². The molecule has 2 N–H and O–H groups in total. The van der Waals surface area contributed by atoms with Gasteiger partial charge in [-0.15, -0.1) is 11.3 Å². The van der Waals surface area contributed by atoms with Crippen molar-refractivity contribution in [2.24, 2.45) is 11.7 Å². The van der Waals surface area contributed by atoms with Gasteiger partial charge in [0.15, 0.2) is 0 Å². The summed E-state index contributed by atoms with van der Waals surface area (Å²) in [6, 6.07) is 2.78. The lowest BCUT2D eigenvalue weighted by Crippen LogP contribution is -2.34. The van der Waals surface area contributed by atoms with E-state index in [1.807, 2.05) is 11.3 Å². The minimum absolute atomic E-state index is 0.431. The number of nitrogens with two attached hydrogens (primary N) is 1. The predicted molar refractivity (Wildman–Crippen MR) is 89.4 cm³/mol. The molecule has 3 heteroatoms. The lowest BCUT2D eigenvalue weighted by molar-refractivity contribution is 0.206. The third-order valence-corrected chi connectivity index (χ3v) is 5.66. The molecule has 0 aromatic carbocycles. The molecule has 2 atom stereocenters. The van der Waals surface area contributed by atoms with Gasteiger partial charge in [-0.05, 0) is 63.7 Å². The molecule has 0 saturated carbocycles. The molecular weight excluding hydrogens is 264 g/mol. The number of aryl methyl sites for hydroxylation is 2. The van der Waals surface area contributed by atoms with Crippen LogP contribution < -0.4 is 5.73 Å². The zero-order chi connectivity index (χ0) is 14.5. The van der Waals surface area contributed by atoms with Crippen LogP contribution in [0.25, 0.3) is 0 Å². The van der Waals surface area contributed by atoms with Crippen LogP contribution in [0.4, 0.5) is 0 Å². The van der Waals surface area contributed by atoms with Crippen LogP contribution >= 0.6 is 11.3 Å². The Morgan fingerprint density at radius 3 is 2.75 bits per heavy atom. The smallest absolute Gasteiger partial charge is 0.0481 e. The molecule has 0 amide bonds. The molecule has 2 heterocycles. The number of rotatable bonds is 5. The number of likely N-dealkylation sites (tertiary alicyclic amines) is 1. The van der Waals surface area contributed by atoms with E-state index >= 15 is 0 Å². The van der Waals surface area contributed by atoms with Gasteiger partial charge >= 0.3 is 0 Å². The monoisotopic (exact) mass is 294 g/mol. The van der Waals surface area contributed by atoms with Crippen LogP contribution in [0.1, 0.15) is 60.4 Å². The van der Waals surface area contributed by atoms with Crippen LogP contribution in [0, 0.1) is 19.8 Å². The van der Waals surface area contributed by atoms with Crippen molar-refractivity contribution in [3.63, 3.8) is 0 Å². The Kier molecular flexibility index (Phi) is 6.06. The van der Waals surface area contributed by atoms with Crippen LogP contribution in [-0.4, -0.2) is 24.5 Å². The van der Waals surface area contributed by atoms with E-state index in [9.17, 15) is 0 Å². The van der Waals surface area contributed by atoms with Gasteiger partial charge in [-0.25, -0.2) is 0 Å². The SMILES string of the molecule is CCCC1CCCN(C(CN)c2cc(C)sc2C)CC1. The lowest BCUT2D eigenvalue weighted by atomic mass is 9.96. The zero-order valence-corrected chi connectivity index (χ0v) is 14.1. The van der Waals surface area contributed by atoms with E-state index in [2.05, 4.69) is 31.7 Å². The molecule has 0 radical (unpaired) electrons. The van der Waals surface area contributed by atoms with Crippen molar-refractivity contribution in [1.82, 2.24) is 4.90 Å². The van der Waals surface area contributed by atoms with Gasteiger partial charge in [0.1, 0.15) is 0 Å². The molecule has 114 valence electrons. The average Bonchev–Trinajstić information content (AvgIpc) is 2.63. The Morgan fingerprint density at radius 1 is 1.35 bits per heavy atom. The second kappa shape index (κ2) is 7.58. The Hall–Kier alpha value is -0.380. The first-order valence-corrected chi connectivity index (χ1v) is 8.98. The Morgan fingerprint density at radius 2 is 2.15 bits per heavy atom. The minimum Gasteiger partial charge on any atom is -0.329 e. The topological polar surface area (TPSA) is 29.3 Å². The summed E-state index contributed by atoms with van der Waals surface area (Å²) in [6.07, 6.45) is 6.82. The largest absolute Gasteiger partial charge is 0.329 e. The summed E-state index contributed by atoms with van der Waals surface area (Å²) in [5, 5.41) is 0. The fraction of sp³-hybridized carbons (Fsp3) is 0.765. The number of nitrogens with zero attached hydrogens (tertiary/aromatic N) is 1. The Balaban J connectivity index is 2.06. The molecule has 2 nitrogen and oxygen atoms in total. The summed E-state index contributed by atoms with van der Waals surface area (Å²) >= 11 is 1.91. The maximum Gasteiger partial charge on any atom is 0.0481 e. The fourth-order valence-electron chi connectivity index (χ4n) is 3.65. The summed E-state index contributed by atoms with van der Waals surface area (Å²) in [4.78, 5) is 5.51. The molecule has 1 fully saturated rings. The third kappa shape index (κ3) is 3.84. The highest BCUT2D eigenvalue weighted by Gasteiger charge is 2.25. The van der Waals surface area contributed by atoms with E-state index in [4.69, 9.17) is 5.73 Å². The third-order valence-electron chi connectivity index (χ3n) is 4.68. The highest BCUT2D eigenvalue weighted by Crippen LogP contribution is 2.32. The maximum absolute atomic E-state index is 6.12. The second-order valence-electron chi connectivity index (χ2n) is 6.24. The van der Waals surface area contributed by atoms with Gasteiger partial charge in [-0.1, -0.05) is 19.8 Å². The van der Waals surface area contributed by atoms with Crippen molar-refractivity contribution in [3.8, 4) is 0 Å². The van der Waals surface area contributed by atoms with Gasteiger partial charge in [0.05, 0.1) is 0 Å². The lowest BCUT2D eigenvalue weighted by Gasteiger charge is -2.30. The van der Waals surface area contributed by atoms with Crippen molar-refractivity contribution < 1.29 is 0 Å². The van der Waals surface area contributed by atoms with E-state index in [1.165, 1.54) is 60.5 Å². The Labute approximate surface area is 128 Å². The van der Waals surface area contributed by atoms with Crippen molar-refractivity contribution in [3.05, 3.63) is 21.4 Å². The minimum atomic E-state index is 0.431. The molecule has 1 aromatic rings. The molecule has 0 spiro atoms. The average molecular weight is 295 g/mol. The van der Waals surface area contributed by atoms with E-state index in [1.54, 1.807) is 0 Å². The quantitative estimate of drug-likeness (QED) is 0.879. The molecule has 2 unspecified atom stereocenters. The maximum atomic E-state index is 6.12. The normalized spacial score (nSPS) is 22.7. The molecular formula is C17H30N2S. The zero-order valence-electron chi connectivity index (χ0n) is 13.3. The number of thiophene rings is 1. The van der Waals surface area contributed by atoms with Crippen LogP contribution in [0.3, 0.4) is 0 Å². The van der Waals surface area contributed by atoms with Gasteiger partial charge < -0.3 is 5.73 Å². The van der Waals surface area contributed by atoms with E-state index in [-0.39, 0.29) is 0 Å². The summed E-state index contributed by atoms with van der Waals surface area (Å²) < 4.78 is 0. The molecule has 1 aliphatic heterocycles. The predicted octanol–water partition coefficient (Wildman–Crippen LogP) is 4.27. The summed E-state index contributed by atoms with van der Waals surface area (Å²) in [5.41, 5.74) is 7.60. The fourth-order valence-corrected chi connectivity index (χ4v) is 4.63. The standard InChI is InChI=1S/C17H30N2S/c1-4-6-15-7-5-9-19(10-8-15)17(12-18)16-11-13(2)20-14(16)3/h11,15,17H,4-10,12,18H2,1-3H3. The first-order chi connectivity index (χ1) is 9.65. The van der Waals surface area contributed by atoms with Gasteiger partial charge in [-0.3, -0.25) is 4.90 Å². The molecule has 1 aliphatic rings. The number of hydrogen-bond donors (Lipinski definition) is 1. The van der Waals surface area contributed by atoms with Gasteiger partial charge in [0.25, 0.3) is 0 Å². The van der Waals surface area contributed by atoms with Crippen LogP contribution in [0.2, 0.25) is 0 Å². The van der Waals surface area contributed by atoms with Gasteiger partial charge in [-0.2, -0.15) is 0 Å². The molecule has 2 rings (SSSR count). The summed E-state index contributed by atoms with van der Waals surface area (Å²) in [7, 11) is 0. The van der Waals surface area contributed by atoms with Crippen LogP contribution in [0.15, 0.2) is 6.07 Å². The second-order valence-corrected chi connectivity index (χ2v) is 7.70. The molecule has 0 aliphatic carbocycles. The number of hydrogen-bond acceptors (Lipinski definition) is 3. The van der Waals surface area contributed by atoms with Gasteiger partial charge in [0.2, 0.25) is 0 Å². The van der Waals surface area contributed by atoms with Crippen LogP contribution in [0.5, 0.6) is 0 Å². The summed E-state index contributed by atoms with van der Waals surface area (Å²) in [5.74, 6) is 0.939. The molecule has 1 saturated heterocycles. The molecule has 0 bridgehead atoms. The van der Waals surface area contributed by atoms with Crippen molar-refractivity contribution in [2.45, 2.75) is 58.9 Å². The van der Waals surface area contributed by atoms with Gasteiger partial charge in [0, 0.05) is 22.3 Å². The molecule has 1 aromatic heterocycles. The van der Waals surface area contributed by atoms with Crippen molar-refractivity contribution in [1.29, 1.82) is 0 Å². The first kappa shape index (κ1) is 16.0. The summed E-state index contributed by atoms with van der Waals surface area (Å²) in [6.45, 7) is 9.94. The van der Waals surface area contributed by atoms with E-state index in [0.29, 0.717) is 6.04 Å². The van der Waals surface area contributed by atoms with E-state index in [0.717, 1.165) is 12.5 Å². The van der Waals surface area contributed by atoms with Crippen molar-refractivity contribution >= 4 is 11.3 Å². The first-order valence-electron chi connectivity index (χ1n) is 8.16. The van der Waals surface area contributed by atoms with Crippen LogP contribution in [-0.2, 0) is 0 Å². The van der Waals surface area contributed by atoms with Crippen molar-refractivity contribution in [2.75, 3.05) is 19.6 Å². The highest BCUT2D eigenvalue weighted by atomic mass is 32.1. The Bertz CT molecular complexity index is 413. The molecule has 20 heavy (non-hydrogen) atoms.